The van der Waals surface area contributed by atoms with E-state index >= 15 is 0 Å². The molecule has 33 heavy (non-hydrogen) atoms. The number of hydrogen-bond acceptors (Lipinski definition) is 5. The van der Waals surface area contributed by atoms with Crippen LogP contribution in [0.4, 0.5) is 11.4 Å². The van der Waals surface area contributed by atoms with Crippen LogP contribution in [0, 0.1) is 10.1 Å². The topological polar surface area (TPSA) is 85.0 Å². The standard InChI is InChI=1S/C24H17Br2N3O4/c1-15-21(24(30)28(27-15)19-5-3-2-4-6-19)12-17-11-18(25)13-22(26)23(17)33-14-16-7-9-20(10-8-16)29(31)32/h2-13H,14H2,1H3/b21-12+. The maximum atomic E-state index is 13.1. The van der Waals surface area contributed by atoms with Gasteiger partial charge in [-0.25, -0.2) is 0 Å². The smallest absolute Gasteiger partial charge is 0.280 e. The largest absolute Gasteiger partial charge is 0.487 e. The summed E-state index contributed by atoms with van der Waals surface area (Å²) in [6.45, 7) is 1.99. The number of hydrogen-bond donors (Lipinski definition) is 0. The number of nitro benzene ring substituents is 1. The molecule has 0 spiro atoms. The Kier molecular flexibility index (Phi) is 6.71. The van der Waals surface area contributed by atoms with E-state index in [1.165, 1.54) is 17.1 Å². The summed E-state index contributed by atoms with van der Waals surface area (Å²) in [4.78, 5) is 23.5. The van der Waals surface area contributed by atoms with Crippen molar-refractivity contribution in [2.75, 3.05) is 5.01 Å². The fourth-order valence-corrected chi connectivity index (χ4v) is 4.67. The van der Waals surface area contributed by atoms with E-state index in [4.69, 9.17) is 4.74 Å². The molecule has 0 fully saturated rings. The second kappa shape index (κ2) is 9.68. The highest BCUT2D eigenvalue weighted by Crippen LogP contribution is 2.36. The van der Waals surface area contributed by atoms with E-state index in [9.17, 15) is 14.9 Å². The molecule has 0 aliphatic carbocycles. The summed E-state index contributed by atoms with van der Waals surface area (Å²) in [5, 5.41) is 16.7. The second-order valence-corrected chi connectivity index (χ2v) is 8.98. The number of carbonyl (C=O) groups is 1. The van der Waals surface area contributed by atoms with Crippen molar-refractivity contribution >= 4 is 60.9 Å². The molecule has 0 aromatic heterocycles. The van der Waals surface area contributed by atoms with Crippen LogP contribution < -0.4 is 9.75 Å². The molecule has 1 aliphatic rings. The minimum absolute atomic E-state index is 0.0199. The molecule has 1 amide bonds. The Morgan fingerprint density at radius 2 is 1.79 bits per heavy atom. The first kappa shape index (κ1) is 22.9. The highest BCUT2D eigenvalue weighted by molar-refractivity contribution is 9.11. The Morgan fingerprint density at radius 3 is 2.45 bits per heavy atom. The number of anilines is 1. The molecule has 0 radical (unpaired) electrons. The number of amides is 1. The van der Waals surface area contributed by atoms with Crippen molar-refractivity contribution < 1.29 is 14.5 Å². The predicted octanol–water partition coefficient (Wildman–Crippen LogP) is 6.50. The maximum absolute atomic E-state index is 13.1. The van der Waals surface area contributed by atoms with Crippen LogP contribution in [0.2, 0.25) is 0 Å². The van der Waals surface area contributed by atoms with E-state index in [0.717, 1.165) is 10.0 Å². The molecule has 0 unspecified atom stereocenters. The number of non-ortho nitro benzene ring substituents is 1. The maximum Gasteiger partial charge on any atom is 0.280 e. The lowest BCUT2D eigenvalue weighted by Crippen LogP contribution is -2.21. The Morgan fingerprint density at radius 1 is 1.09 bits per heavy atom. The summed E-state index contributed by atoms with van der Waals surface area (Å²) in [6.07, 6.45) is 1.75. The quantitative estimate of drug-likeness (QED) is 0.192. The fourth-order valence-electron chi connectivity index (χ4n) is 3.29. The van der Waals surface area contributed by atoms with Crippen LogP contribution in [0.1, 0.15) is 18.1 Å². The summed E-state index contributed by atoms with van der Waals surface area (Å²) in [5.41, 5.74) is 3.23. The van der Waals surface area contributed by atoms with Gasteiger partial charge < -0.3 is 4.74 Å². The van der Waals surface area contributed by atoms with Gasteiger partial charge in [-0.1, -0.05) is 34.1 Å². The van der Waals surface area contributed by atoms with Crippen molar-refractivity contribution in [2.24, 2.45) is 5.10 Å². The molecule has 3 aromatic carbocycles. The number of para-hydroxylation sites is 1. The van der Waals surface area contributed by atoms with E-state index in [0.29, 0.717) is 32.8 Å². The first-order valence-electron chi connectivity index (χ1n) is 9.85. The van der Waals surface area contributed by atoms with Crippen molar-refractivity contribution in [3.05, 3.63) is 102 Å². The zero-order valence-corrected chi connectivity index (χ0v) is 20.5. The second-order valence-electron chi connectivity index (χ2n) is 7.21. The highest BCUT2D eigenvalue weighted by atomic mass is 79.9. The number of rotatable bonds is 6. The van der Waals surface area contributed by atoms with Crippen LogP contribution in [0.25, 0.3) is 6.08 Å². The number of nitro groups is 1. The highest BCUT2D eigenvalue weighted by Gasteiger charge is 2.29. The molecule has 0 N–H and O–H groups in total. The SMILES string of the molecule is CC1=NN(c2ccccc2)C(=O)/C1=C/c1cc(Br)cc(Br)c1OCc1ccc([N+](=O)[O-])cc1. The lowest BCUT2D eigenvalue weighted by Gasteiger charge is -2.14. The van der Waals surface area contributed by atoms with Gasteiger partial charge in [0.2, 0.25) is 0 Å². The molecule has 0 saturated heterocycles. The number of nitrogens with zero attached hydrogens (tertiary/aromatic N) is 3. The minimum Gasteiger partial charge on any atom is -0.487 e. The lowest BCUT2D eigenvalue weighted by atomic mass is 10.1. The van der Waals surface area contributed by atoms with Gasteiger partial charge in [0.05, 0.1) is 26.4 Å². The normalized spacial score (nSPS) is 14.5. The van der Waals surface area contributed by atoms with E-state index in [-0.39, 0.29) is 18.2 Å². The van der Waals surface area contributed by atoms with Gasteiger partial charge in [0.1, 0.15) is 12.4 Å². The molecule has 0 atom stereocenters. The molecule has 7 nitrogen and oxygen atoms in total. The monoisotopic (exact) mass is 569 g/mol. The van der Waals surface area contributed by atoms with E-state index in [1.807, 2.05) is 42.5 Å². The average Bonchev–Trinajstić information content (AvgIpc) is 3.07. The Balaban J connectivity index is 1.63. The summed E-state index contributed by atoms with van der Waals surface area (Å²) in [7, 11) is 0. The van der Waals surface area contributed by atoms with Gasteiger partial charge in [-0.3, -0.25) is 14.9 Å². The first-order valence-corrected chi connectivity index (χ1v) is 11.4. The molecular weight excluding hydrogens is 554 g/mol. The van der Waals surface area contributed by atoms with Gasteiger partial charge in [0.25, 0.3) is 11.6 Å². The zero-order valence-electron chi connectivity index (χ0n) is 17.4. The average molecular weight is 571 g/mol. The van der Waals surface area contributed by atoms with Gasteiger partial charge >= 0.3 is 0 Å². The molecule has 4 rings (SSSR count). The molecule has 0 bridgehead atoms. The fraction of sp³-hybridized carbons (Fsp3) is 0.0833. The zero-order chi connectivity index (χ0) is 23.5. The van der Waals surface area contributed by atoms with Gasteiger partial charge in [-0.2, -0.15) is 10.1 Å². The number of hydrazone groups is 1. The molecule has 3 aromatic rings. The van der Waals surface area contributed by atoms with Crippen LogP contribution in [0.15, 0.2) is 86.3 Å². The van der Waals surface area contributed by atoms with Crippen LogP contribution in [0.3, 0.4) is 0 Å². The van der Waals surface area contributed by atoms with E-state index in [1.54, 1.807) is 25.1 Å². The molecule has 9 heteroatoms. The van der Waals surface area contributed by atoms with Gasteiger partial charge in [-0.05, 0) is 70.9 Å². The summed E-state index contributed by atoms with van der Waals surface area (Å²) in [5.74, 6) is 0.318. The van der Waals surface area contributed by atoms with Crippen molar-refractivity contribution in [3.63, 3.8) is 0 Å². The van der Waals surface area contributed by atoms with E-state index < -0.39 is 4.92 Å². The summed E-state index contributed by atoms with van der Waals surface area (Å²) < 4.78 is 7.56. The molecular formula is C24H17Br2N3O4. The lowest BCUT2D eigenvalue weighted by molar-refractivity contribution is -0.384. The summed E-state index contributed by atoms with van der Waals surface area (Å²) in [6, 6.07) is 19.1. The van der Waals surface area contributed by atoms with Crippen LogP contribution >= 0.6 is 31.9 Å². The van der Waals surface area contributed by atoms with Crippen LogP contribution in [0.5, 0.6) is 5.75 Å². The number of carbonyl (C=O) groups excluding carboxylic acids is 1. The van der Waals surface area contributed by atoms with Crippen LogP contribution in [-0.4, -0.2) is 16.5 Å². The number of halogens is 2. The Hall–Kier alpha value is -3.30. The first-order chi connectivity index (χ1) is 15.8. The van der Waals surface area contributed by atoms with Crippen molar-refractivity contribution in [1.29, 1.82) is 0 Å². The van der Waals surface area contributed by atoms with Gasteiger partial charge in [0, 0.05) is 22.2 Å². The van der Waals surface area contributed by atoms with Gasteiger partial charge in [0.15, 0.2) is 0 Å². The number of benzene rings is 3. The third kappa shape index (κ3) is 5.04. The van der Waals surface area contributed by atoms with E-state index in [2.05, 4.69) is 37.0 Å². The third-order valence-electron chi connectivity index (χ3n) is 4.93. The minimum atomic E-state index is -0.443. The molecule has 0 saturated carbocycles. The Bertz CT molecular complexity index is 1290. The molecule has 1 heterocycles. The van der Waals surface area contributed by atoms with Crippen molar-refractivity contribution in [3.8, 4) is 5.75 Å². The van der Waals surface area contributed by atoms with Gasteiger partial charge in [-0.15, -0.1) is 0 Å². The van der Waals surface area contributed by atoms with Crippen molar-refractivity contribution in [1.82, 2.24) is 0 Å². The third-order valence-corrected chi connectivity index (χ3v) is 5.98. The van der Waals surface area contributed by atoms with Crippen LogP contribution in [-0.2, 0) is 11.4 Å². The number of ether oxygens (including phenoxy) is 1. The van der Waals surface area contributed by atoms with Crippen molar-refractivity contribution in [2.45, 2.75) is 13.5 Å². The molecule has 166 valence electrons. The molecule has 1 aliphatic heterocycles. The Labute approximate surface area is 206 Å². The predicted molar refractivity (Wildman–Crippen MR) is 134 cm³/mol. The summed E-state index contributed by atoms with van der Waals surface area (Å²) >= 11 is 7.02.